The van der Waals surface area contributed by atoms with Crippen molar-refractivity contribution in [2.45, 2.75) is 44.6 Å². The van der Waals surface area contributed by atoms with Gasteiger partial charge in [-0.15, -0.1) is 0 Å². The number of carbonyl (C=O) groups is 1. The number of nitrogens with one attached hydrogen (secondary N) is 1. The van der Waals surface area contributed by atoms with E-state index in [-0.39, 0.29) is 17.9 Å². The maximum atomic E-state index is 12.1. The third-order valence-corrected chi connectivity index (χ3v) is 4.45. The van der Waals surface area contributed by atoms with E-state index in [0.29, 0.717) is 12.6 Å². The van der Waals surface area contributed by atoms with E-state index in [1.165, 1.54) is 18.4 Å². The smallest absolute Gasteiger partial charge is 0.282 e. The van der Waals surface area contributed by atoms with Gasteiger partial charge in [0.05, 0.1) is 6.04 Å². The van der Waals surface area contributed by atoms with Crippen LogP contribution in [0, 0.1) is 5.92 Å². The van der Waals surface area contributed by atoms with Crippen LogP contribution in [0.4, 0.5) is 5.69 Å². The van der Waals surface area contributed by atoms with Crippen molar-refractivity contribution in [1.29, 1.82) is 0 Å². The summed E-state index contributed by atoms with van der Waals surface area (Å²) in [5.74, 6) is 0.364. The molecular formula is C17H23N3O2. The Kier molecular flexibility index (Phi) is 4.61. The summed E-state index contributed by atoms with van der Waals surface area (Å²) in [5, 5.41) is 3.02. The van der Waals surface area contributed by atoms with Crippen molar-refractivity contribution < 1.29 is 9.53 Å². The fourth-order valence-corrected chi connectivity index (χ4v) is 3.10. The van der Waals surface area contributed by atoms with Crippen LogP contribution in [0.1, 0.15) is 37.7 Å². The topological polar surface area (TPSA) is 76.7 Å². The fourth-order valence-electron chi connectivity index (χ4n) is 3.10. The number of amidine groups is 1. The van der Waals surface area contributed by atoms with Crippen LogP contribution < -0.4 is 11.1 Å². The Bertz CT molecular complexity index is 548. The number of aryl methyl sites for hydroxylation is 1. The highest BCUT2D eigenvalue weighted by atomic mass is 16.5. The van der Waals surface area contributed by atoms with Crippen LogP contribution in [-0.2, 0) is 16.0 Å². The summed E-state index contributed by atoms with van der Waals surface area (Å²) in [6.45, 7) is 0.585. The molecule has 1 amide bonds. The van der Waals surface area contributed by atoms with Crippen molar-refractivity contribution in [1.82, 2.24) is 0 Å². The average molecular weight is 301 g/mol. The lowest BCUT2D eigenvalue weighted by atomic mass is 10.1. The Labute approximate surface area is 130 Å². The Hall–Kier alpha value is -2.04. The van der Waals surface area contributed by atoms with E-state index in [1.807, 2.05) is 12.1 Å². The second-order valence-corrected chi connectivity index (χ2v) is 6.14. The first-order valence-corrected chi connectivity index (χ1v) is 8.06. The number of aliphatic imine (C=N–C) groups is 1. The molecule has 1 fully saturated rings. The van der Waals surface area contributed by atoms with Gasteiger partial charge >= 0.3 is 0 Å². The molecule has 1 aliphatic heterocycles. The molecule has 22 heavy (non-hydrogen) atoms. The summed E-state index contributed by atoms with van der Waals surface area (Å²) < 4.78 is 5.15. The van der Waals surface area contributed by atoms with Gasteiger partial charge in [-0.3, -0.25) is 4.79 Å². The molecule has 5 nitrogen and oxygen atoms in total. The maximum Gasteiger partial charge on any atom is 0.282 e. The minimum absolute atomic E-state index is 0.165. The Balaban J connectivity index is 1.48. The molecule has 1 aliphatic carbocycles. The standard InChI is InChI=1S/C17H23N3O2/c18-17-20-15(11-22-17)10-7-12-5-8-14(9-6-12)19-16(21)13-3-1-2-4-13/h5-6,8-9,13,15H,1-4,7,10-11H2,(H2,18,20)(H,19,21)/t15-/m0/s1. The summed E-state index contributed by atoms with van der Waals surface area (Å²) >= 11 is 0. The molecule has 5 heteroatoms. The number of rotatable bonds is 5. The van der Waals surface area contributed by atoms with Crippen LogP contribution in [0.2, 0.25) is 0 Å². The summed E-state index contributed by atoms with van der Waals surface area (Å²) in [6, 6.07) is 8.55. The van der Waals surface area contributed by atoms with Crippen molar-refractivity contribution >= 4 is 17.6 Å². The van der Waals surface area contributed by atoms with Crippen LogP contribution in [0.3, 0.4) is 0 Å². The predicted octanol–water partition coefficient (Wildman–Crippen LogP) is 2.46. The Morgan fingerprint density at radius 3 is 2.64 bits per heavy atom. The Morgan fingerprint density at radius 1 is 1.27 bits per heavy atom. The zero-order valence-corrected chi connectivity index (χ0v) is 12.8. The predicted molar refractivity (Wildman–Crippen MR) is 86.7 cm³/mol. The van der Waals surface area contributed by atoms with Gasteiger partial charge in [-0.05, 0) is 43.4 Å². The van der Waals surface area contributed by atoms with Gasteiger partial charge in [-0.25, -0.2) is 4.99 Å². The molecule has 3 rings (SSSR count). The molecule has 0 bridgehead atoms. The molecule has 0 aromatic heterocycles. The molecule has 2 aliphatic rings. The number of anilines is 1. The van der Waals surface area contributed by atoms with Crippen molar-refractivity contribution in [3.05, 3.63) is 29.8 Å². The highest BCUT2D eigenvalue weighted by Gasteiger charge is 2.22. The number of ether oxygens (including phenoxy) is 1. The summed E-state index contributed by atoms with van der Waals surface area (Å²) in [6.07, 6.45) is 6.26. The number of nitrogens with two attached hydrogens (primary N) is 1. The molecule has 1 aromatic rings. The van der Waals surface area contributed by atoms with Gasteiger partial charge in [0, 0.05) is 11.6 Å². The van der Waals surface area contributed by atoms with Gasteiger partial charge in [-0.2, -0.15) is 0 Å². The number of nitrogens with zero attached hydrogens (tertiary/aromatic N) is 1. The molecule has 1 aromatic carbocycles. The van der Waals surface area contributed by atoms with Crippen molar-refractivity contribution in [3.8, 4) is 0 Å². The largest absolute Gasteiger partial charge is 0.463 e. The lowest BCUT2D eigenvalue weighted by Gasteiger charge is -2.11. The fraction of sp³-hybridized carbons (Fsp3) is 0.529. The number of hydrogen-bond donors (Lipinski definition) is 2. The molecule has 0 saturated heterocycles. The first-order chi connectivity index (χ1) is 10.7. The van der Waals surface area contributed by atoms with Gasteiger partial charge in [0.25, 0.3) is 6.02 Å². The third kappa shape index (κ3) is 3.78. The summed E-state index contributed by atoms with van der Waals surface area (Å²) in [7, 11) is 0. The van der Waals surface area contributed by atoms with Crippen LogP contribution in [0.5, 0.6) is 0 Å². The van der Waals surface area contributed by atoms with Crippen molar-refractivity contribution in [2.24, 2.45) is 16.6 Å². The molecule has 0 unspecified atom stereocenters. The first-order valence-electron chi connectivity index (χ1n) is 8.06. The molecular weight excluding hydrogens is 278 g/mol. The molecule has 1 saturated carbocycles. The quantitative estimate of drug-likeness (QED) is 0.877. The highest BCUT2D eigenvalue weighted by molar-refractivity contribution is 5.92. The zero-order chi connectivity index (χ0) is 15.4. The molecule has 0 spiro atoms. The molecule has 3 N–H and O–H groups in total. The van der Waals surface area contributed by atoms with Crippen LogP contribution in [0.15, 0.2) is 29.3 Å². The van der Waals surface area contributed by atoms with E-state index in [1.54, 1.807) is 0 Å². The van der Waals surface area contributed by atoms with E-state index in [9.17, 15) is 4.79 Å². The molecule has 0 radical (unpaired) electrons. The van der Waals surface area contributed by atoms with E-state index in [2.05, 4.69) is 22.4 Å². The summed E-state index contributed by atoms with van der Waals surface area (Å²) in [4.78, 5) is 16.3. The molecule has 118 valence electrons. The number of hydrogen-bond acceptors (Lipinski definition) is 4. The van der Waals surface area contributed by atoms with Gasteiger partial charge in [0.1, 0.15) is 6.61 Å². The second-order valence-electron chi connectivity index (χ2n) is 6.14. The monoisotopic (exact) mass is 301 g/mol. The normalized spacial score (nSPS) is 21.5. The van der Waals surface area contributed by atoms with E-state index < -0.39 is 0 Å². The summed E-state index contributed by atoms with van der Waals surface area (Å²) in [5.41, 5.74) is 7.62. The van der Waals surface area contributed by atoms with Crippen LogP contribution in [-0.4, -0.2) is 24.6 Å². The highest BCUT2D eigenvalue weighted by Crippen LogP contribution is 2.26. The maximum absolute atomic E-state index is 12.1. The van der Waals surface area contributed by atoms with E-state index in [4.69, 9.17) is 10.5 Å². The van der Waals surface area contributed by atoms with Crippen LogP contribution in [0.25, 0.3) is 0 Å². The van der Waals surface area contributed by atoms with Crippen LogP contribution >= 0.6 is 0 Å². The zero-order valence-electron chi connectivity index (χ0n) is 12.8. The molecule has 1 atom stereocenters. The third-order valence-electron chi connectivity index (χ3n) is 4.45. The average Bonchev–Trinajstić information content (AvgIpc) is 3.18. The first kappa shape index (κ1) is 14.9. The van der Waals surface area contributed by atoms with E-state index >= 15 is 0 Å². The van der Waals surface area contributed by atoms with E-state index in [0.717, 1.165) is 31.4 Å². The second kappa shape index (κ2) is 6.81. The minimum atomic E-state index is 0.165. The lowest BCUT2D eigenvalue weighted by Crippen LogP contribution is -2.20. The van der Waals surface area contributed by atoms with Crippen molar-refractivity contribution in [2.75, 3.05) is 11.9 Å². The van der Waals surface area contributed by atoms with Gasteiger partial charge in [0.2, 0.25) is 5.91 Å². The van der Waals surface area contributed by atoms with Gasteiger partial charge < -0.3 is 15.8 Å². The Morgan fingerprint density at radius 2 is 2.00 bits per heavy atom. The number of benzene rings is 1. The number of amides is 1. The van der Waals surface area contributed by atoms with Crippen molar-refractivity contribution in [3.63, 3.8) is 0 Å². The SMILES string of the molecule is NC1=N[C@@H](CCc2ccc(NC(=O)C3CCCC3)cc2)CO1. The number of carbonyl (C=O) groups excluding carboxylic acids is 1. The molecule has 1 heterocycles. The van der Waals surface area contributed by atoms with Gasteiger partial charge in [0.15, 0.2) is 0 Å². The minimum Gasteiger partial charge on any atom is -0.463 e. The lowest BCUT2D eigenvalue weighted by molar-refractivity contribution is -0.119. The van der Waals surface area contributed by atoms with Gasteiger partial charge in [-0.1, -0.05) is 25.0 Å².